The van der Waals surface area contributed by atoms with Crippen LogP contribution in [0.4, 0.5) is 0 Å². The van der Waals surface area contributed by atoms with Crippen molar-refractivity contribution in [3.63, 3.8) is 0 Å². The molecule has 156 valence electrons. The maximum atomic E-state index is 12.8. The average Bonchev–Trinajstić information content (AvgIpc) is 2.75. The summed E-state index contributed by atoms with van der Waals surface area (Å²) in [5.74, 6) is 1.42. The average molecular weight is 404 g/mol. The van der Waals surface area contributed by atoms with Crippen molar-refractivity contribution in [2.75, 3.05) is 7.11 Å². The van der Waals surface area contributed by atoms with E-state index in [9.17, 15) is 4.79 Å². The highest BCUT2D eigenvalue weighted by Gasteiger charge is 2.15. The predicted octanol–water partition coefficient (Wildman–Crippen LogP) is 5.69. The van der Waals surface area contributed by atoms with E-state index in [2.05, 4.69) is 32.2 Å². The molecule has 3 aromatic carbocycles. The van der Waals surface area contributed by atoms with E-state index in [-0.39, 0.29) is 11.9 Å². The van der Waals surface area contributed by atoms with Crippen molar-refractivity contribution in [2.45, 2.75) is 40.3 Å². The molecule has 4 heteroatoms. The van der Waals surface area contributed by atoms with Gasteiger partial charge in [-0.2, -0.15) is 0 Å². The third kappa shape index (κ3) is 5.01. The predicted molar refractivity (Wildman–Crippen MR) is 120 cm³/mol. The summed E-state index contributed by atoms with van der Waals surface area (Å²) >= 11 is 0. The Balaban J connectivity index is 1.77. The summed E-state index contributed by atoms with van der Waals surface area (Å²) in [5.41, 5.74) is 5.94. The number of hydrogen-bond donors (Lipinski definition) is 1. The molecule has 0 heterocycles. The Morgan fingerprint density at radius 3 is 2.40 bits per heavy atom. The minimum Gasteiger partial charge on any atom is -0.496 e. The fraction of sp³-hybridized carbons (Fsp3) is 0.269. The highest BCUT2D eigenvalue weighted by molar-refractivity contribution is 5.94. The molecule has 1 N–H and O–H groups in total. The van der Waals surface area contributed by atoms with Crippen LogP contribution >= 0.6 is 0 Å². The van der Waals surface area contributed by atoms with Crippen LogP contribution in [0, 0.1) is 20.8 Å². The van der Waals surface area contributed by atoms with E-state index < -0.39 is 0 Å². The molecule has 1 unspecified atom stereocenters. The van der Waals surface area contributed by atoms with Crippen molar-refractivity contribution in [1.82, 2.24) is 5.32 Å². The molecule has 0 radical (unpaired) electrons. The van der Waals surface area contributed by atoms with Crippen molar-refractivity contribution >= 4 is 5.91 Å². The van der Waals surface area contributed by atoms with Gasteiger partial charge in [0.25, 0.3) is 5.91 Å². The quantitative estimate of drug-likeness (QED) is 0.551. The van der Waals surface area contributed by atoms with E-state index in [4.69, 9.17) is 9.47 Å². The lowest BCUT2D eigenvalue weighted by atomic mass is 10.1. The van der Waals surface area contributed by atoms with Gasteiger partial charge in [0.15, 0.2) is 0 Å². The van der Waals surface area contributed by atoms with E-state index in [1.165, 1.54) is 5.56 Å². The second-order valence-corrected chi connectivity index (χ2v) is 7.63. The van der Waals surface area contributed by atoms with Gasteiger partial charge in [-0.3, -0.25) is 4.79 Å². The van der Waals surface area contributed by atoms with Gasteiger partial charge in [-0.05, 0) is 74.2 Å². The van der Waals surface area contributed by atoms with Crippen LogP contribution in [0.15, 0.2) is 60.7 Å². The molecular weight excluding hydrogens is 374 g/mol. The minimum atomic E-state index is -0.127. The van der Waals surface area contributed by atoms with E-state index in [1.807, 2.05) is 55.5 Å². The molecule has 0 spiro atoms. The normalized spacial score (nSPS) is 11.6. The number of methoxy groups -OCH3 is 1. The molecule has 1 amide bonds. The highest BCUT2D eigenvalue weighted by Crippen LogP contribution is 2.27. The molecule has 0 fully saturated rings. The Kier molecular flexibility index (Phi) is 6.78. The van der Waals surface area contributed by atoms with E-state index in [0.717, 1.165) is 28.0 Å². The molecular formula is C26H29NO3. The smallest absolute Gasteiger partial charge is 0.251 e. The molecule has 0 bridgehead atoms. The second-order valence-electron chi connectivity index (χ2n) is 7.63. The first kappa shape index (κ1) is 21.4. The third-order valence-electron chi connectivity index (χ3n) is 5.34. The van der Waals surface area contributed by atoms with Crippen LogP contribution in [0.2, 0.25) is 0 Å². The van der Waals surface area contributed by atoms with Crippen molar-refractivity contribution in [3.8, 4) is 11.5 Å². The fourth-order valence-corrected chi connectivity index (χ4v) is 3.44. The van der Waals surface area contributed by atoms with Crippen LogP contribution in [0.3, 0.4) is 0 Å². The number of aryl methyl sites for hydroxylation is 2. The van der Waals surface area contributed by atoms with E-state index in [0.29, 0.717) is 17.9 Å². The zero-order chi connectivity index (χ0) is 21.7. The van der Waals surface area contributed by atoms with Crippen molar-refractivity contribution in [3.05, 3.63) is 94.0 Å². The molecule has 3 aromatic rings. The number of carbonyl (C=O) groups excluding carboxylic acids is 1. The number of carbonyl (C=O) groups is 1. The molecule has 1 atom stereocenters. The van der Waals surface area contributed by atoms with Gasteiger partial charge in [-0.15, -0.1) is 0 Å². The highest BCUT2D eigenvalue weighted by atomic mass is 16.5. The third-order valence-corrected chi connectivity index (χ3v) is 5.34. The van der Waals surface area contributed by atoms with Crippen LogP contribution < -0.4 is 14.8 Å². The summed E-state index contributed by atoms with van der Waals surface area (Å²) in [5, 5.41) is 3.05. The monoisotopic (exact) mass is 403 g/mol. The minimum absolute atomic E-state index is 0.0848. The Hall–Kier alpha value is -3.27. The zero-order valence-corrected chi connectivity index (χ0v) is 18.3. The lowest BCUT2D eigenvalue weighted by Crippen LogP contribution is -2.26. The number of hydrogen-bond acceptors (Lipinski definition) is 3. The van der Waals surface area contributed by atoms with Gasteiger partial charge in [0.2, 0.25) is 0 Å². The Labute approximate surface area is 178 Å². The van der Waals surface area contributed by atoms with Crippen LogP contribution in [-0.4, -0.2) is 13.0 Å². The first-order valence-electron chi connectivity index (χ1n) is 10.1. The largest absolute Gasteiger partial charge is 0.496 e. The topological polar surface area (TPSA) is 47.6 Å². The van der Waals surface area contributed by atoms with Gasteiger partial charge in [0, 0.05) is 11.1 Å². The first-order valence-corrected chi connectivity index (χ1v) is 10.1. The molecule has 3 rings (SSSR count). The first-order chi connectivity index (χ1) is 14.4. The maximum absolute atomic E-state index is 12.8. The molecule has 30 heavy (non-hydrogen) atoms. The van der Waals surface area contributed by atoms with Crippen LogP contribution in [-0.2, 0) is 6.61 Å². The summed E-state index contributed by atoms with van der Waals surface area (Å²) in [6.45, 7) is 8.48. The summed E-state index contributed by atoms with van der Waals surface area (Å²) in [7, 11) is 1.62. The van der Waals surface area contributed by atoms with Crippen molar-refractivity contribution in [1.29, 1.82) is 0 Å². The molecule has 0 aromatic heterocycles. The summed E-state index contributed by atoms with van der Waals surface area (Å²) in [4.78, 5) is 12.8. The van der Waals surface area contributed by atoms with Crippen LogP contribution in [0.5, 0.6) is 11.5 Å². The Morgan fingerprint density at radius 1 is 0.967 bits per heavy atom. The summed E-state index contributed by atoms with van der Waals surface area (Å²) < 4.78 is 11.6. The summed E-state index contributed by atoms with van der Waals surface area (Å²) in [6, 6.07) is 19.4. The second kappa shape index (κ2) is 9.49. The van der Waals surface area contributed by atoms with Crippen molar-refractivity contribution < 1.29 is 14.3 Å². The van der Waals surface area contributed by atoms with Crippen LogP contribution in [0.25, 0.3) is 0 Å². The molecule has 4 nitrogen and oxygen atoms in total. The molecule has 0 aliphatic heterocycles. The molecule has 0 saturated carbocycles. The zero-order valence-electron chi connectivity index (χ0n) is 18.3. The fourth-order valence-electron chi connectivity index (χ4n) is 3.44. The number of amides is 1. The van der Waals surface area contributed by atoms with Crippen LogP contribution in [0.1, 0.15) is 51.1 Å². The molecule has 0 saturated heterocycles. The number of ether oxygens (including phenoxy) is 2. The van der Waals surface area contributed by atoms with Gasteiger partial charge in [0.1, 0.15) is 18.1 Å². The van der Waals surface area contributed by atoms with Crippen molar-refractivity contribution in [2.24, 2.45) is 0 Å². The number of benzene rings is 3. The molecule has 0 aliphatic carbocycles. The lowest BCUT2D eigenvalue weighted by molar-refractivity contribution is 0.0939. The molecule has 0 aliphatic rings. The lowest BCUT2D eigenvalue weighted by Gasteiger charge is -2.17. The van der Waals surface area contributed by atoms with Gasteiger partial charge in [-0.1, -0.05) is 36.4 Å². The van der Waals surface area contributed by atoms with Gasteiger partial charge >= 0.3 is 0 Å². The standard InChI is InChI=1S/C26H29NO3/c1-17-13-18(2)19(3)25(14-17)30-16-23-15-22(11-12-24(23)29-5)26(28)27-20(4)21-9-7-6-8-10-21/h6-15,20H,16H2,1-5H3,(H,27,28). The van der Waals surface area contributed by atoms with E-state index in [1.54, 1.807) is 13.2 Å². The van der Waals surface area contributed by atoms with E-state index >= 15 is 0 Å². The SMILES string of the molecule is COc1ccc(C(=O)NC(C)c2ccccc2)cc1COc1cc(C)cc(C)c1C. The number of nitrogens with one attached hydrogen (secondary N) is 1. The maximum Gasteiger partial charge on any atom is 0.251 e. The Bertz CT molecular complexity index is 1030. The van der Waals surface area contributed by atoms with Gasteiger partial charge < -0.3 is 14.8 Å². The van der Waals surface area contributed by atoms with Gasteiger partial charge in [-0.25, -0.2) is 0 Å². The Morgan fingerprint density at radius 2 is 1.70 bits per heavy atom. The number of rotatable bonds is 7. The summed E-state index contributed by atoms with van der Waals surface area (Å²) in [6.07, 6.45) is 0. The van der Waals surface area contributed by atoms with Gasteiger partial charge in [0.05, 0.1) is 13.2 Å².